The summed E-state index contributed by atoms with van der Waals surface area (Å²) in [5.74, 6) is 2.82. The van der Waals surface area contributed by atoms with E-state index in [1.807, 2.05) is 28.8 Å². The second-order valence-corrected chi connectivity index (χ2v) is 10.0. The van der Waals surface area contributed by atoms with Gasteiger partial charge in [-0.15, -0.1) is 0 Å². The maximum absolute atomic E-state index is 4.91. The number of hydrogen-bond donors (Lipinski definition) is 1. The van der Waals surface area contributed by atoms with Crippen LogP contribution in [0, 0.1) is 0 Å². The van der Waals surface area contributed by atoms with Crippen LogP contribution in [0.25, 0.3) is 39.5 Å². The fourth-order valence-corrected chi connectivity index (χ4v) is 5.37. The van der Waals surface area contributed by atoms with Crippen molar-refractivity contribution in [3.8, 4) is 33.8 Å². The normalized spacial score (nSPS) is 14.7. The molecule has 0 aliphatic carbocycles. The molecule has 5 heterocycles. The summed E-state index contributed by atoms with van der Waals surface area (Å²) in [5.41, 5.74) is 6.59. The SMILES string of the molecule is c1ccc(-c2cn3ccnc3nc2-c2ccc(CN3CCC(c4n[nH]c(-c5ccncc5)n4)CC3)cc2)cc1. The summed E-state index contributed by atoms with van der Waals surface area (Å²) < 4.78 is 1.97. The van der Waals surface area contributed by atoms with Gasteiger partial charge in [0.15, 0.2) is 11.6 Å². The Hall–Kier alpha value is -4.69. The van der Waals surface area contributed by atoms with E-state index in [4.69, 9.17) is 9.97 Å². The highest BCUT2D eigenvalue weighted by Gasteiger charge is 2.24. The van der Waals surface area contributed by atoms with Gasteiger partial charge in [0, 0.05) is 60.1 Å². The molecule has 0 saturated carbocycles. The Morgan fingerprint density at radius 3 is 2.38 bits per heavy atom. The number of pyridine rings is 1. The third-order valence-corrected chi connectivity index (χ3v) is 7.51. The fourth-order valence-electron chi connectivity index (χ4n) is 5.37. The molecule has 1 aliphatic rings. The molecule has 1 N–H and O–H groups in total. The first-order chi connectivity index (χ1) is 19.3. The van der Waals surface area contributed by atoms with Crippen molar-refractivity contribution >= 4 is 5.78 Å². The fraction of sp³-hybridized carbons (Fsp3) is 0.194. The lowest BCUT2D eigenvalue weighted by Gasteiger charge is -2.30. The number of nitrogens with zero attached hydrogens (tertiary/aromatic N) is 7. The second kappa shape index (κ2) is 10.2. The van der Waals surface area contributed by atoms with Crippen LogP contribution in [0.3, 0.4) is 0 Å². The van der Waals surface area contributed by atoms with Gasteiger partial charge >= 0.3 is 0 Å². The minimum absolute atomic E-state index is 0.385. The zero-order valence-electron chi connectivity index (χ0n) is 21.5. The Kier molecular flexibility index (Phi) is 6.14. The highest BCUT2D eigenvalue weighted by molar-refractivity contribution is 5.81. The van der Waals surface area contributed by atoms with Gasteiger partial charge in [-0.25, -0.2) is 15.0 Å². The molecule has 0 radical (unpaired) electrons. The minimum atomic E-state index is 0.385. The van der Waals surface area contributed by atoms with Crippen LogP contribution in [-0.2, 0) is 6.54 Å². The van der Waals surface area contributed by atoms with Crippen molar-refractivity contribution in [2.75, 3.05) is 13.1 Å². The number of nitrogens with one attached hydrogen (secondary N) is 1. The van der Waals surface area contributed by atoms with Gasteiger partial charge in [0.1, 0.15) is 0 Å². The van der Waals surface area contributed by atoms with Gasteiger partial charge in [0.05, 0.1) is 5.69 Å². The summed E-state index contributed by atoms with van der Waals surface area (Å²) in [4.78, 5) is 20.7. The third kappa shape index (κ3) is 4.82. The zero-order valence-corrected chi connectivity index (χ0v) is 21.5. The molecule has 192 valence electrons. The van der Waals surface area contributed by atoms with Crippen molar-refractivity contribution in [3.05, 3.63) is 109 Å². The van der Waals surface area contributed by atoms with Gasteiger partial charge in [0.25, 0.3) is 0 Å². The van der Waals surface area contributed by atoms with Crippen molar-refractivity contribution in [2.45, 2.75) is 25.3 Å². The van der Waals surface area contributed by atoms with Crippen molar-refractivity contribution in [3.63, 3.8) is 0 Å². The predicted octanol–water partition coefficient (Wildman–Crippen LogP) is 5.62. The van der Waals surface area contributed by atoms with Gasteiger partial charge in [-0.1, -0.05) is 54.6 Å². The van der Waals surface area contributed by atoms with Crippen LogP contribution >= 0.6 is 0 Å². The van der Waals surface area contributed by atoms with Crippen molar-refractivity contribution < 1.29 is 0 Å². The van der Waals surface area contributed by atoms with Gasteiger partial charge in [-0.3, -0.25) is 19.4 Å². The summed E-state index contributed by atoms with van der Waals surface area (Å²) >= 11 is 0. The number of piperidine rings is 1. The Balaban J connectivity index is 1.04. The van der Waals surface area contributed by atoms with Crippen LogP contribution in [0.15, 0.2) is 97.7 Å². The van der Waals surface area contributed by atoms with E-state index < -0.39 is 0 Å². The molecule has 7 rings (SSSR count). The molecular formula is C31H28N8. The van der Waals surface area contributed by atoms with E-state index in [9.17, 15) is 0 Å². The molecule has 0 unspecified atom stereocenters. The maximum Gasteiger partial charge on any atom is 0.234 e. The van der Waals surface area contributed by atoms with Crippen molar-refractivity contribution in [1.82, 2.24) is 39.4 Å². The zero-order chi connectivity index (χ0) is 26.0. The first kappa shape index (κ1) is 23.4. The Morgan fingerprint density at radius 1 is 0.795 bits per heavy atom. The first-order valence-corrected chi connectivity index (χ1v) is 13.3. The van der Waals surface area contributed by atoms with Crippen LogP contribution < -0.4 is 0 Å². The quantitative estimate of drug-likeness (QED) is 0.312. The minimum Gasteiger partial charge on any atom is -0.299 e. The van der Waals surface area contributed by atoms with E-state index >= 15 is 0 Å². The van der Waals surface area contributed by atoms with Crippen molar-refractivity contribution in [2.24, 2.45) is 0 Å². The van der Waals surface area contributed by atoms with Gasteiger partial charge in [-0.05, 0) is 49.2 Å². The molecule has 0 atom stereocenters. The molecule has 1 aliphatic heterocycles. The lowest BCUT2D eigenvalue weighted by atomic mass is 9.95. The molecule has 4 aromatic heterocycles. The number of benzene rings is 2. The molecule has 6 aromatic rings. The molecule has 1 fully saturated rings. The van der Waals surface area contributed by atoms with E-state index in [0.29, 0.717) is 11.7 Å². The highest BCUT2D eigenvalue weighted by Crippen LogP contribution is 2.32. The predicted molar refractivity (Wildman–Crippen MR) is 151 cm³/mol. The average molecular weight is 513 g/mol. The number of hydrogen-bond acceptors (Lipinski definition) is 6. The summed E-state index contributed by atoms with van der Waals surface area (Å²) in [6.07, 6.45) is 11.5. The van der Waals surface area contributed by atoms with E-state index in [1.54, 1.807) is 18.6 Å². The Labute approximate surface area is 226 Å². The van der Waals surface area contributed by atoms with E-state index in [1.165, 1.54) is 5.56 Å². The molecule has 8 nitrogen and oxygen atoms in total. The molecule has 2 aromatic carbocycles. The summed E-state index contributed by atoms with van der Waals surface area (Å²) in [5, 5.41) is 7.62. The molecule has 39 heavy (non-hydrogen) atoms. The number of rotatable bonds is 6. The van der Waals surface area contributed by atoms with E-state index in [0.717, 1.165) is 72.1 Å². The largest absolute Gasteiger partial charge is 0.299 e. The molecule has 1 saturated heterocycles. The van der Waals surface area contributed by atoms with Gasteiger partial charge in [-0.2, -0.15) is 5.10 Å². The van der Waals surface area contributed by atoms with Gasteiger partial charge < -0.3 is 0 Å². The smallest absolute Gasteiger partial charge is 0.234 e. The molecular weight excluding hydrogens is 484 g/mol. The van der Waals surface area contributed by atoms with Crippen LogP contribution in [-0.4, -0.2) is 52.5 Å². The number of H-pyrrole nitrogens is 1. The monoisotopic (exact) mass is 512 g/mol. The molecule has 0 amide bonds. The first-order valence-electron chi connectivity index (χ1n) is 13.3. The Bertz CT molecular complexity index is 1680. The van der Waals surface area contributed by atoms with E-state index in [-0.39, 0.29) is 0 Å². The number of fused-ring (bicyclic) bond motifs is 1. The standard InChI is InChI=1S/C31H28N8/c1-2-4-23(5-3-1)27-21-39-19-16-33-31(39)34-28(27)24-8-6-22(7-9-24)20-38-17-12-26(13-18-38)30-35-29(36-37-30)25-10-14-32-15-11-25/h1-11,14-16,19,21,26H,12-13,17-18,20H2,(H,35,36,37). The summed E-state index contributed by atoms with van der Waals surface area (Å²) in [6, 6.07) is 23.1. The van der Waals surface area contributed by atoms with E-state index in [2.05, 4.69) is 79.8 Å². The van der Waals surface area contributed by atoms with Crippen molar-refractivity contribution in [1.29, 1.82) is 0 Å². The second-order valence-electron chi connectivity index (χ2n) is 10.0. The van der Waals surface area contributed by atoms with Crippen LogP contribution in [0.2, 0.25) is 0 Å². The van der Waals surface area contributed by atoms with Crippen LogP contribution in [0.5, 0.6) is 0 Å². The summed E-state index contributed by atoms with van der Waals surface area (Å²) in [7, 11) is 0. The lowest BCUT2D eigenvalue weighted by Crippen LogP contribution is -2.32. The topological polar surface area (TPSA) is 87.9 Å². The summed E-state index contributed by atoms with van der Waals surface area (Å²) in [6.45, 7) is 2.99. The molecule has 0 spiro atoms. The number of likely N-dealkylation sites (tertiary alicyclic amines) is 1. The number of aromatic nitrogens is 7. The maximum atomic E-state index is 4.91. The van der Waals surface area contributed by atoms with Crippen LogP contribution in [0.4, 0.5) is 0 Å². The molecule has 0 bridgehead atoms. The Morgan fingerprint density at radius 2 is 1.59 bits per heavy atom. The lowest BCUT2D eigenvalue weighted by molar-refractivity contribution is 0.202. The van der Waals surface area contributed by atoms with Crippen LogP contribution in [0.1, 0.15) is 30.1 Å². The van der Waals surface area contributed by atoms with Gasteiger partial charge in [0.2, 0.25) is 5.78 Å². The molecule has 8 heteroatoms. The highest BCUT2D eigenvalue weighted by atomic mass is 15.2. The number of imidazole rings is 1. The third-order valence-electron chi connectivity index (χ3n) is 7.51. The average Bonchev–Trinajstić information content (AvgIpc) is 3.68. The number of aromatic amines is 1.